The van der Waals surface area contributed by atoms with E-state index in [4.69, 9.17) is 23.7 Å². The number of pyridine rings is 1. The molecule has 2 aromatic carbocycles. The molecular weight excluding hydrogens is 478 g/mol. The summed E-state index contributed by atoms with van der Waals surface area (Å²) in [5, 5.41) is 0. The molecule has 8 heteroatoms. The van der Waals surface area contributed by atoms with Crippen molar-refractivity contribution in [2.24, 2.45) is 0 Å². The Morgan fingerprint density at radius 3 is 2.25 bits per heavy atom. The lowest BCUT2D eigenvalue weighted by atomic mass is 10.1. The van der Waals surface area contributed by atoms with E-state index in [0.29, 0.717) is 12.4 Å². The highest BCUT2D eigenvalue weighted by Gasteiger charge is 2.14. The number of thioether (sulfide) groups is 1. The first-order valence-corrected chi connectivity index (χ1v) is 12.5. The van der Waals surface area contributed by atoms with Gasteiger partial charge in [-0.05, 0) is 61.7 Å². The summed E-state index contributed by atoms with van der Waals surface area (Å²) in [6, 6.07) is 18.9. The smallest absolute Gasteiger partial charge is 0.379 e. The van der Waals surface area contributed by atoms with Gasteiger partial charge in [0.25, 0.3) is 0 Å². The highest BCUT2D eigenvalue weighted by Crippen LogP contribution is 2.39. The van der Waals surface area contributed by atoms with Gasteiger partial charge in [-0.1, -0.05) is 24.3 Å². The molecule has 0 amide bonds. The van der Waals surface area contributed by atoms with Gasteiger partial charge in [0.2, 0.25) is 5.88 Å². The Morgan fingerprint density at radius 1 is 0.889 bits per heavy atom. The number of aromatic nitrogens is 1. The van der Waals surface area contributed by atoms with Crippen LogP contribution in [0.2, 0.25) is 0 Å². The molecule has 3 aromatic rings. The largest absolute Gasteiger partial charge is 0.497 e. The number of nitrogens with zero attached hydrogens (tertiary/aromatic N) is 1. The molecule has 7 nitrogen and oxygen atoms in total. The molecule has 0 spiro atoms. The molecule has 0 aliphatic heterocycles. The summed E-state index contributed by atoms with van der Waals surface area (Å²) in [5.74, 6) is 2.31. The van der Waals surface area contributed by atoms with E-state index in [1.165, 1.54) is 17.3 Å². The number of methoxy groups -OCH3 is 3. The van der Waals surface area contributed by atoms with Gasteiger partial charge >= 0.3 is 5.97 Å². The second kappa shape index (κ2) is 14.0. The fourth-order valence-electron chi connectivity index (χ4n) is 3.33. The van der Waals surface area contributed by atoms with Gasteiger partial charge in [-0.15, -0.1) is 11.8 Å². The lowest BCUT2D eigenvalue weighted by molar-refractivity contribution is -0.134. The number of carbonyl (C=O) groups is 1. The summed E-state index contributed by atoms with van der Waals surface area (Å²) in [4.78, 5) is 17.7. The Labute approximate surface area is 216 Å². The number of rotatable bonds is 14. The maximum atomic E-state index is 12.4. The van der Waals surface area contributed by atoms with E-state index in [-0.39, 0.29) is 11.6 Å². The fraction of sp³-hybridized carbons (Fsp3) is 0.286. The van der Waals surface area contributed by atoms with Crippen LogP contribution in [-0.4, -0.2) is 38.9 Å². The van der Waals surface area contributed by atoms with Crippen molar-refractivity contribution in [1.29, 1.82) is 0 Å². The van der Waals surface area contributed by atoms with Crippen molar-refractivity contribution in [2.45, 2.75) is 29.9 Å². The first-order valence-electron chi connectivity index (χ1n) is 11.5. The molecule has 190 valence electrons. The van der Waals surface area contributed by atoms with Crippen LogP contribution in [0.5, 0.6) is 23.1 Å². The molecule has 0 atom stereocenters. The van der Waals surface area contributed by atoms with Crippen molar-refractivity contribution in [2.75, 3.05) is 27.9 Å². The topological polar surface area (TPSA) is 76.1 Å². The Kier molecular flexibility index (Phi) is 10.5. The van der Waals surface area contributed by atoms with E-state index in [9.17, 15) is 4.79 Å². The molecule has 0 saturated carbocycles. The van der Waals surface area contributed by atoms with Gasteiger partial charge in [0.15, 0.2) is 5.76 Å². The number of benzene rings is 2. The molecule has 0 fully saturated rings. The van der Waals surface area contributed by atoms with Gasteiger partial charge in [-0.3, -0.25) is 0 Å². The zero-order chi connectivity index (χ0) is 25.8. The lowest BCUT2D eigenvalue weighted by Gasteiger charge is -2.12. The first-order chi connectivity index (χ1) is 17.5. The normalized spacial score (nSPS) is 10.4. The Bertz CT molecular complexity index is 1130. The minimum Gasteiger partial charge on any atom is -0.497 e. The van der Waals surface area contributed by atoms with Gasteiger partial charge in [0.05, 0.1) is 38.5 Å². The highest BCUT2D eigenvalue weighted by atomic mass is 32.2. The van der Waals surface area contributed by atoms with Crippen LogP contribution >= 0.6 is 11.8 Å². The molecular formula is C28H31NO6S. The van der Waals surface area contributed by atoms with Crippen molar-refractivity contribution >= 4 is 17.7 Å². The second-order valence-electron chi connectivity index (χ2n) is 7.71. The number of hydrogen-bond acceptors (Lipinski definition) is 8. The van der Waals surface area contributed by atoms with Crippen molar-refractivity contribution in [3.63, 3.8) is 0 Å². The molecule has 36 heavy (non-hydrogen) atoms. The highest BCUT2D eigenvalue weighted by molar-refractivity contribution is 7.98. The fourth-order valence-corrected chi connectivity index (χ4v) is 4.37. The van der Waals surface area contributed by atoms with E-state index >= 15 is 0 Å². The monoisotopic (exact) mass is 509 g/mol. The lowest BCUT2D eigenvalue weighted by Crippen LogP contribution is -2.14. The molecule has 0 saturated heterocycles. The molecule has 1 heterocycles. The van der Waals surface area contributed by atoms with Gasteiger partial charge in [-0.25, -0.2) is 9.78 Å². The zero-order valence-corrected chi connectivity index (χ0v) is 21.6. The number of carbonyl (C=O) groups excluding carboxylic acids is 1. The Hall–Kier alpha value is -3.65. The SMILES string of the molecule is C=C(OCCCCc1ccc(OC)cc1)C(=O)Oc1cccc(CSc2c(OC)cccc2OC)n1. The standard InChI is InChI=1S/C28H31NO6S/c1-20(34-18-6-5-9-21-14-16-23(31-2)17-15-21)28(30)35-26-13-7-10-22(29-26)19-36-27-24(32-3)11-8-12-25(27)33-4/h7-8,10-17H,1,5-6,9,18-19H2,2-4H3. The van der Waals surface area contributed by atoms with E-state index in [0.717, 1.165) is 47.1 Å². The third kappa shape index (κ3) is 7.95. The molecule has 0 bridgehead atoms. The number of hydrogen-bond donors (Lipinski definition) is 0. The molecule has 1 aromatic heterocycles. The summed E-state index contributed by atoms with van der Waals surface area (Å²) in [6.07, 6.45) is 2.63. The van der Waals surface area contributed by atoms with Crippen molar-refractivity contribution in [3.05, 3.63) is 84.3 Å². The zero-order valence-electron chi connectivity index (χ0n) is 20.8. The number of ether oxygens (including phenoxy) is 5. The van der Waals surface area contributed by atoms with Gasteiger partial charge in [0, 0.05) is 11.8 Å². The number of aryl methyl sites for hydroxylation is 1. The predicted octanol–water partition coefficient (Wildman–Crippen LogP) is 5.86. The minimum atomic E-state index is -0.658. The maximum Gasteiger partial charge on any atom is 0.379 e. The third-order valence-electron chi connectivity index (χ3n) is 5.25. The molecule has 0 unspecified atom stereocenters. The molecule has 3 rings (SSSR count). The van der Waals surface area contributed by atoms with E-state index in [2.05, 4.69) is 11.6 Å². The number of esters is 1. The molecule has 0 radical (unpaired) electrons. The average Bonchev–Trinajstić information content (AvgIpc) is 2.91. The molecule has 0 aliphatic carbocycles. The predicted molar refractivity (Wildman–Crippen MR) is 140 cm³/mol. The molecule has 0 aliphatic rings. The van der Waals surface area contributed by atoms with Crippen molar-refractivity contribution < 1.29 is 28.5 Å². The Morgan fingerprint density at radius 2 is 1.58 bits per heavy atom. The summed E-state index contributed by atoms with van der Waals surface area (Å²) in [7, 11) is 4.89. The summed E-state index contributed by atoms with van der Waals surface area (Å²) in [5.41, 5.74) is 1.96. The number of unbranched alkanes of at least 4 members (excludes halogenated alkanes) is 1. The van der Waals surface area contributed by atoms with Crippen molar-refractivity contribution in [3.8, 4) is 23.1 Å². The summed E-state index contributed by atoms with van der Waals surface area (Å²) in [6.45, 7) is 4.08. The molecule has 0 N–H and O–H groups in total. The first kappa shape index (κ1) is 26.9. The van der Waals surface area contributed by atoms with Crippen LogP contribution in [0.25, 0.3) is 0 Å². The maximum absolute atomic E-state index is 12.4. The van der Waals surface area contributed by atoms with Crippen LogP contribution in [0.1, 0.15) is 24.1 Å². The summed E-state index contributed by atoms with van der Waals surface area (Å²) >= 11 is 1.52. The van der Waals surface area contributed by atoms with Crippen LogP contribution in [0.4, 0.5) is 0 Å². The van der Waals surface area contributed by atoms with E-state index in [1.54, 1.807) is 33.5 Å². The third-order valence-corrected chi connectivity index (χ3v) is 6.38. The van der Waals surface area contributed by atoms with Crippen LogP contribution in [-0.2, 0) is 21.7 Å². The second-order valence-corrected chi connectivity index (χ2v) is 8.70. The Balaban J connectivity index is 1.43. The van der Waals surface area contributed by atoms with Gasteiger partial charge in [0.1, 0.15) is 17.2 Å². The van der Waals surface area contributed by atoms with Crippen LogP contribution in [0, 0.1) is 0 Å². The minimum absolute atomic E-state index is 0.0419. The van der Waals surface area contributed by atoms with E-state index < -0.39 is 5.97 Å². The van der Waals surface area contributed by atoms with Crippen LogP contribution < -0.4 is 18.9 Å². The van der Waals surface area contributed by atoms with E-state index in [1.807, 2.05) is 48.5 Å². The average molecular weight is 510 g/mol. The van der Waals surface area contributed by atoms with Crippen LogP contribution in [0.15, 0.2) is 77.9 Å². The summed E-state index contributed by atoms with van der Waals surface area (Å²) < 4.78 is 26.9. The van der Waals surface area contributed by atoms with Crippen LogP contribution in [0.3, 0.4) is 0 Å². The van der Waals surface area contributed by atoms with Crippen molar-refractivity contribution in [1.82, 2.24) is 4.98 Å². The quantitative estimate of drug-likeness (QED) is 0.0880. The van der Waals surface area contributed by atoms with Gasteiger partial charge < -0.3 is 23.7 Å². The van der Waals surface area contributed by atoms with Gasteiger partial charge in [-0.2, -0.15) is 0 Å².